The van der Waals surface area contributed by atoms with Gasteiger partial charge in [0.15, 0.2) is 6.04 Å². The maximum atomic E-state index is 12.6. The SMILES string of the molecule is COC(=O)[C@@H]1NN=C2C(=O)N(c3ccc(C)cc3C)C(=O)[C@@H]21. The molecule has 0 saturated carbocycles. The van der Waals surface area contributed by atoms with Crippen LogP contribution in [-0.2, 0) is 19.1 Å². The van der Waals surface area contributed by atoms with Gasteiger partial charge in [0.25, 0.3) is 5.91 Å². The predicted octanol–water partition coefficient (Wildman–Crippen LogP) is 0.294. The average molecular weight is 301 g/mol. The van der Waals surface area contributed by atoms with Crippen molar-refractivity contribution in [3.63, 3.8) is 0 Å². The number of rotatable bonds is 2. The molecule has 2 aliphatic rings. The van der Waals surface area contributed by atoms with Gasteiger partial charge in [-0.05, 0) is 25.5 Å². The molecule has 1 fully saturated rings. The zero-order valence-corrected chi connectivity index (χ0v) is 12.4. The number of nitrogens with zero attached hydrogens (tertiary/aromatic N) is 2. The van der Waals surface area contributed by atoms with Gasteiger partial charge in [0.05, 0.1) is 12.8 Å². The largest absolute Gasteiger partial charge is 0.467 e. The number of carbonyl (C=O) groups excluding carboxylic acids is 3. The highest BCUT2D eigenvalue weighted by atomic mass is 16.5. The summed E-state index contributed by atoms with van der Waals surface area (Å²) in [7, 11) is 1.23. The maximum Gasteiger partial charge on any atom is 0.331 e. The summed E-state index contributed by atoms with van der Waals surface area (Å²) in [6, 6.07) is 4.49. The van der Waals surface area contributed by atoms with Crippen LogP contribution in [0, 0.1) is 19.8 Å². The molecule has 7 nitrogen and oxygen atoms in total. The fraction of sp³-hybridized carbons (Fsp3) is 0.333. The van der Waals surface area contributed by atoms with Gasteiger partial charge in [-0.3, -0.25) is 15.0 Å². The molecule has 0 unspecified atom stereocenters. The quantitative estimate of drug-likeness (QED) is 0.627. The van der Waals surface area contributed by atoms with Gasteiger partial charge >= 0.3 is 5.97 Å². The Bertz CT molecular complexity index is 725. The second kappa shape index (κ2) is 4.94. The van der Waals surface area contributed by atoms with Crippen LogP contribution in [0.25, 0.3) is 0 Å². The third-order valence-corrected chi connectivity index (χ3v) is 3.91. The van der Waals surface area contributed by atoms with E-state index in [0.29, 0.717) is 5.69 Å². The lowest BCUT2D eigenvalue weighted by atomic mass is 9.98. The molecule has 2 amide bonds. The zero-order valence-electron chi connectivity index (χ0n) is 12.4. The van der Waals surface area contributed by atoms with Crippen molar-refractivity contribution in [1.29, 1.82) is 0 Å². The second-order valence-electron chi connectivity index (χ2n) is 5.37. The summed E-state index contributed by atoms with van der Waals surface area (Å²) in [4.78, 5) is 37.9. The minimum atomic E-state index is -0.952. The lowest BCUT2D eigenvalue weighted by molar-refractivity contribution is -0.145. The molecule has 2 heterocycles. The van der Waals surface area contributed by atoms with E-state index in [0.717, 1.165) is 16.0 Å². The molecule has 1 aromatic carbocycles. The van der Waals surface area contributed by atoms with Gasteiger partial charge in [0, 0.05) is 0 Å². The van der Waals surface area contributed by atoms with Gasteiger partial charge in [-0.25, -0.2) is 9.69 Å². The number of methoxy groups -OCH3 is 1. The number of hydrazone groups is 1. The fourth-order valence-corrected chi connectivity index (χ4v) is 2.84. The van der Waals surface area contributed by atoms with Gasteiger partial charge in [0.1, 0.15) is 11.6 Å². The molecule has 2 atom stereocenters. The van der Waals surface area contributed by atoms with Gasteiger partial charge in [-0.15, -0.1) is 0 Å². The Morgan fingerprint density at radius 1 is 1.32 bits per heavy atom. The normalized spacial score (nSPS) is 23.2. The Labute approximate surface area is 126 Å². The number of hydrogen-bond donors (Lipinski definition) is 1. The first-order valence-electron chi connectivity index (χ1n) is 6.82. The molecule has 0 radical (unpaired) electrons. The van der Waals surface area contributed by atoms with Crippen molar-refractivity contribution in [2.75, 3.05) is 12.0 Å². The molecule has 0 spiro atoms. The van der Waals surface area contributed by atoms with E-state index in [-0.39, 0.29) is 5.71 Å². The van der Waals surface area contributed by atoms with Gasteiger partial charge < -0.3 is 4.74 Å². The van der Waals surface area contributed by atoms with Crippen LogP contribution in [0.15, 0.2) is 23.3 Å². The Kier molecular flexibility index (Phi) is 3.20. The Balaban J connectivity index is 2.01. The zero-order chi connectivity index (χ0) is 16.0. The fourth-order valence-electron chi connectivity index (χ4n) is 2.84. The van der Waals surface area contributed by atoms with Crippen molar-refractivity contribution in [3.8, 4) is 0 Å². The smallest absolute Gasteiger partial charge is 0.331 e. The molecule has 0 aliphatic carbocycles. The Hall–Kier alpha value is -2.70. The van der Waals surface area contributed by atoms with E-state index in [1.165, 1.54) is 7.11 Å². The van der Waals surface area contributed by atoms with Crippen LogP contribution in [0.5, 0.6) is 0 Å². The van der Waals surface area contributed by atoms with Crippen molar-refractivity contribution in [2.45, 2.75) is 19.9 Å². The number of aryl methyl sites for hydroxylation is 2. The van der Waals surface area contributed by atoms with Crippen molar-refractivity contribution >= 4 is 29.2 Å². The first kappa shape index (κ1) is 14.2. The van der Waals surface area contributed by atoms with Crippen molar-refractivity contribution in [1.82, 2.24) is 5.43 Å². The molecule has 2 aliphatic heterocycles. The summed E-state index contributed by atoms with van der Waals surface area (Å²) < 4.78 is 4.65. The van der Waals surface area contributed by atoms with E-state index in [9.17, 15) is 14.4 Å². The number of esters is 1. The van der Waals surface area contributed by atoms with Gasteiger partial charge in [0.2, 0.25) is 5.91 Å². The number of ether oxygens (including phenoxy) is 1. The molecule has 114 valence electrons. The third kappa shape index (κ3) is 1.89. The number of nitrogens with one attached hydrogen (secondary N) is 1. The summed E-state index contributed by atoms with van der Waals surface area (Å²) in [6.07, 6.45) is 0. The molecule has 7 heteroatoms. The minimum Gasteiger partial charge on any atom is -0.467 e. The molecular weight excluding hydrogens is 286 g/mol. The first-order valence-corrected chi connectivity index (χ1v) is 6.82. The molecule has 1 saturated heterocycles. The van der Waals surface area contributed by atoms with Crippen LogP contribution >= 0.6 is 0 Å². The summed E-state index contributed by atoms with van der Waals surface area (Å²) in [5.41, 5.74) is 4.93. The molecular formula is C15H15N3O4. The lowest BCUT2D eigenvalue weighted by Gasteiger charge is -2.19. The minimum absolute atomic E-state index is 0.0559. The average Bonchev–Trinajstić information content (AvgIpc) is 3.01. The topological polar surface area (TPSA) is 88.1 Å². The second-order valence-corrected chi connectivity index (χ2v) is 5.37. The van der Waals surface area contributed by atoms with Crippen molar-refractivity contribution in [3.05, 3.63) is 29.3 Å². The van der Waals surface area contributed by atoms with Gasteiger partial charge in [-0.2, -0.15) is 5.10 Å². The number of amides is 2. The van der Waals surface area contributed by atoms with Crippen molar-refractivity contribution in [2.24, 2.45) is 11.0 Å². The van der Waals surface area contributed by atoms with E-state index < -0.39 is 29.7 Å². The number of hydrogen-bond acceptors (Lipinski definition) is 6. The highest BCUT2D eigenvalue weighted by molar-refractivity contribution is 6.58. The number of carbonyl (C=O) groups is 3. The van der Waals surface area contributed by atoms with E-state index >= 15 is 0 Å². The van der Waals surface area contributed by atoms with E-state index in [1.807, 2.05) is 26.0 Å². The standard InChI is InChI=1S/C15H15N3O4/c1-7-4-5-9(8(2)6-7)18-13(19)10-11(14(18)20)16-17-12(10)15(21)22-3/h4-6,10,12,17H,1-3H3/t10-,12+/m0/s1. The maximum absolute atomic E-state index is 12.6. The lowest BCUT2D eigenvalue weighted by Crippen LogP contribution is -2.42. The third-order valence-electron chi connectivity index (χ3n) is 3.91. The molecule has 3 rings (SSSR count). The first-order chi connectivity index (χ1) is 10.5. The predicted molar refractivity (Wildman–Crippen MR) is 78.3 cm³/mol. The van der Waals surface area contributed by atoms with E-state index in [4.69, 9.17) is 0 Å². The van der Waals surface area contributed by atoms with Crippen LogP contribution < -0.4 is 10.3 Å². The Morgan fingerprint density at radius 3 is 2.68 bits per heavy atom. The van der Waals surface area contributed by atoms with Crippen LogP contribution in [-0.4, -0.2) is 36.6 Å². The van der Waals surface area contributed by atoms with Crippen molar-refractivity contribution < 1.29 is 19.1 Å². The Morgan fingerprint density at radius 2 is 2.05 bits per heavy atom. The van der Waals surface area contributed by atoms with E-state index in [1.54, 1.807) is 6.07 Å². The molecule has 0 bridgehead atoms. The summed E-state index contributed by atoms with van der Waals surface area (Å²) in [6.45, 7) is 3.76. The number of benzene rings is 1. The highest BCUT2D eigenvalue weighted by Crippen LogP contribution is 2.32. The number of anilines is 1. The molecule has 1 N–H and O–H groups in total. The summed E-state index contributed by atoms with van der Waals surface area (Å²) in [5, 5.41) is 3.86. The molecule has 22 heavy (non-hydrogen) atoms. The van der Waals surface area contributed by atoms with Crippen LogP contribution in [0.1, 0.15) is 11.1 Å². The summed E-state index contributed by atoms with van der Waals surface area (Å²) >= 11 is 0. The molecule has 0 aromatic heterocycles. The summed E-state index contributed by atoms with van der Waals surface area (Å²) in [5.74, 6) is -2.51. The monoisotopic (exact) mass is 301 g/mol. The van der Waals surface area contributed by atoms with Gasteiger partial charge in [-0.1, -0.05) is 17.7 Å². The molecule has 1 aromatic rings. The highest BCUT2D eigenvalue weighted by Gasteiger charge is 2.55. The number of fused-ring (bicyclic) bond motifs is 1. The van der Waals surface area contributed by atoms with Crippen LogP contribution in [0.2, 0.25) is 0 Å². The van der Waals surface area contributed by atoms with Crippen LogP contribution in [0.4, 0.5) is 5.69 Å². The number of imide groups is 1. The van der Waals surface area contributed by atoms with Crippen LogP contribution in [0.3, 0.4) is 0 Å². The van der Waals surface area contributed by atoms with E-state index in [2.05, 4.69) is 15.3 Å².